The number of rotatable bonds is 8. The highest BCUT2D eigenvalue weighted by molar-refractivity contribution is 5.04. The van der Waals surface area contributed by atoms with E-state index >= 15 is 0 Å². The topological polar surface area (TPSA) is 42.3 Å². The van der Waals surface area contributed by atoms with Crippen molar-refractivity contribution < 1.29 is 0 Å². The van der Waals surface area contributed by atoms with Crippen molar-refractivity contribution in [3.8, 4) is 6.07 Å². The van der Waals surface area contributed by atoms with Gasteiger partial charge in [0.15, 0.2) is 0 Å². The van der Waals surface area contributed by atoms with Crippen LogP contribution < -0.4 is 5.32 Å². The molecule has 1 rings (SSSR count). The first-order valence-corrected chi connectivity index (χ1v) is 7.40. The van der Waals surface area contributed by atoms with Crippen LogP contribution in [0.25, 0.3) is 0 Å². The molecule has 0 heterocycles. The van der Waals surface area contributed by atoms with Crippen molar-refractivity contribution >= 4 is 0 Å². The first-order valence-electron chi connectivity index (χ1n) is 7.40. The van der Waals surface area contributed by atoms with E-state index < -0.39 is 5.54 Å². The van der Waals surface area contributed by atoms with Gasteiger partial charge in [-0.2, -0.15) is 5.26 Å². The van der Waals surface area contributed by atoms with E-state index in [1.807, 2.05) is 6.92 Å². The number of likely N-dealkylation sites (N-methyl/N-ethyl adjacent to an activating group) is 2. The molecule has 4 nitrogen and oxygen atoms in total. The molecule has 19 heavy (non-hydrogen) atoms. The van der Waals surface area contributed by atoms with Crippen LogP contribution in [-0.4, -0.2) is 61.7 Å². The molecule has 0 bridgehead atoms. The summed E-state index contributed by atoms with van der Waals surface area (Å²) in [6.45, 7) is 6.96. The lowest BCUT2D eigenvalue weighted by atomic mass is 9.75. The molecule has 0 aromatic heterocycles. The Morgan fingerprint density at radius 2 is 1.95 bits per heavy atom. The average Bonchev–Trinajstić information content (AvgIpc) is 2.31. The number of nitrogens with zero attached hydrogens (tertiary/aromatic N) is 3. The van der Waals surface area contributed by atoms with Gasteiger partial charge in [-0.1, -0.05) is 6.92 Å². The minimum Gasteiger partial charge on any atom is -0.304 e. The van der Waals surface area contributed by atoms with Gasteiger partial charge in [0, 0.05) is 18.6 Å². The van der Waals surface area contributed by atoms with Crippen LogP contribution >= 0.6 is 0 Å². The average molecular weight is 266 g/mol. The van der Waals surface area contributed by atoms with Gasteiger partial charge in [0.1, 0.15) is 5.54 Å². The van der Waals surface area contributed by atoms with Gasteiger partial charge in [0.2, 0.25) is 0 Å². The highest BCUT2D eigenvalue weighted by Crippen LogP contribution is 2.36. The normalized spacial score (nSPS) is 20.9. The van der Waals surface area contributed by atoms with E-state index in [9.17, 15) is 5.26 Å². The maximum Gasteiger partial charge on any atom is 0.105 e. The van der Waals surface area contributed by atoms with E-state index in [4.69, 9.17) is 0 Å². The van der Waals surface area contributed by atoms with Crippen LogP contribution in [0.15, 0.2) is 0 Å². The molecule has 1 aliphatic carbocycles. The van der Waals surface area contributed by atoms with Gasteiger partial charge in [-0.25, -0.2) is 0 Å². The lowest BCUT2D eigenvalue weighted by molar-refractivity contribution is 0.0265. The molecule has 0 amide bonds. The molecule has 1 fully saturated rings. The molecule has 0 aliphatic heterocycles. The number of nitrogens with one attached hydrogen (secondary N) is 1. The van der Waals surface area contributed by atoms with Crippen molar-refractivity contribution in [3.05, 3.63) is 0 Å². The summed E-state index contributed by atoms with van der Waals surface area (Å²) in [4.78, 5) is 4.76. The monoisotopic (exact) mass is 266 g/mol. The summed E-state index contributed by atoms with van der Waals surface area (Å²) in [6.07, 6.45) is 4.82. The number of hydrogen-bond acceptors (Lipinski definition) is 4. The Bertz CT molecular complexity index is 317. The van der Waals surface area contributed by atoms with Crippen LogP contribution in [0.1, 0.15) is 39.5 Å². The second-order valence-corrected chi connectivity index (χ2v) is 6.43. The Morgan fingerprint density at radius 1 is 1.32 bits per heavy atom. The van der Waals surface area contributed by atoms with Crippen LogP contribution in [0, 0.1) is 11.3 Å². The zero-order valence-corrected chi connectivity index (χ0v) is 13.3. The molecule has 1 saturated carbocycles. The minimum atomic E-state index is -0.395. The predicted molar refractivity (Wildman–Crippen MR) is 80.1 cm³/mol. The standard InChI is InChI=1S/C15H30N4/c1-6-17-14(2,12-16)10-11-19(5)13-15(18(3)4)8-7-9-15/h17H,6-11,13H2,1-5H3. The van der Waals surface area contributed by atoms with Crippen molar-refractivity contribution in [3.63, 3.8) is 0 Å². The summed E-state index contributed by atoms with van der Waals surface area (Å²) in [5, 5.41) is 12.5. The lowest BCUT2D eigenvalue weighted by Gasteiger charge is -2.49. The Balaban J connectivity index is 2.43. The van der Waals surface area contributed by atoms with Gasteiger partial charge in [0.05, 0.1) is 6.07 Å². The van der Waals surface area contributed by atoms with Crippen molar-refractivity contribution in [2.45, 2.75) is 50.6 Å². The van der Waals surface area contributed by atoms with Crippen LogP contribution in [0.4, 0.5) is 0 Å². The molecule has 1 atom stereocenters. The van der Waals surface area contributed by atoms with Crippen molar-refractivity contribution in [2.75, 3.05) is 40.8 Å². The molecule has 0 radical (unpaired) electrons. The SMILES string of the molecule is CCNC(C)(C#N)CCN(C)CC1(N(C)C)CCC1. The van der Waals surface area contributed by atoms with Crippen LogP contribution in [0.2, 0.25) is 0 Å². The maximum absolute atomic E-state index is 9.27. The molecule has 110 valence electrons. The second-order valence-electron chi connectivity index (χ2n) is 6.43. The highest BCUT2D eigenvalue weighted by atomic mass is 15.2. The van der Waals surface area contributed by atoms with Gasteiger partial charge in [-0.05, 0) is 60.3 Å². The smallest absolute Gasteiger partial charge is 0.105 e. The van der Waals surface area contributed by atoms with Crippen LogP contribution in [0.5, 0.6) is 0 Å². The Morgan fingerprint density at radius 3 is 2.32 bits per heavy atom. The van der Waals surface area contributed by atoms with Gasteiger partial charge in [-0.15, -0.1) is 0 Å². The quantitative estimate of drug-likeness (QED) is 0.726. The minimum absolute atomic E-state index is 0.371. The summed E-state index contributed by atoms with van der Waals surface area (Å²) < 4.78 is 0. The van der Waals surface area contributed by atoms with Crippen LogP contribution in [0.3, 0.4) is 0 Å². The molecular weight excluding hydrogens is 236 g/mol. The fourth-order valence-corrected chi connectivity index (χ4v) is 2.90. The van der Waals surface area contributed by atoms with Crippen molar-refractivity contribution in [2.24, 2.45) is 0 Å². The second kappa shape index (κ2) is 6.69. The largest absolute Gasteiger partial charge is 0.304 e. The molecule has 0 saturated heterocycles. The first-order chi connectivity index (χ1) is 8.87. The molecular formula is C15H30N4. The van der Waals surface area contributed by atoms with Crippen molar-refractivity contribution in [1.29, 1.82) is 5.26 Å². The van der Waals surface area contributed by atoms with E-state index in [1.165, 1.54) is 19.3 Å². The number of hydrogen-bond donors (Lipinski definition) is 1. The number of nitriles is 1. The third kappa shape index (κ3) is 4.17. The zero-order chi connectivity index (χ0) is 14.5. The van der Waals surface area contributed by atoms with Gasteiger partial charge < -0.3 is 9.80 Å². The molecule has 0 aromatic rings. The van der Waals surface area contributed by atoms with Gasteiger partial charge in [-0.3, -0.25) is 5.32 Å². The summed E-state index contributed by atoms with van der Waals surface area (Å²) in [5.41, 5.74) is -0.0239. The first kappa shape index (κ1) is 16.4. The van der Waals surface area contributed by atoms with Crippen molar-refractivity contribution in [1.82, 2.24) is 15.1 Å². The molecule has 0 spiro atoms. The summed E-state index contributed by atoms with van der Waals surface area (Å²) in [7, 11) is 6.55. The zero-order valence-electron chi connectivity index (χ0n) is 13.3. The van der Waals surface area contributed by atoms with E-state index in [2.05, 4.69) is 49.3 Å². The van der Waals surface area contributed by atoms with Gasteiger partial charge >= 0.3 is 0 Å². The van der Waals surface area contributed by atoms with E-state index in [1.54, 1.807) is 0 Å². The summed E-state index contributed by atoms with van der Waals surface area (Å²) in [5.74, 6) is 0. The predicted octanol–water partition coefficient (Wildman–Crippen LogP) is 1.68. The molecule has 4 heteroatoms. The van der Waals surface area contributed by atoms with E-state index in [0.717, 1.165) is 26.1 Å². The fourth-order valence-electron chi connectivity index (χ4n) is 2.90. The molecule has 1 aliphatic rings. The van der Waals surface area contributed by atoms with E-state index in [-0.39, 0.29) is 0 Å². The van der Waals surface area contributed by atoms with E-state index in [0.29, 0.717) is 5.54 Å². The molecule has 1 unspecified atom stereocenters. The molecule has 0 aromatic carbocycles. The van der Waals surface area contributed by atoms with Crippen LogP contribution in [-0.2, 0) is 0 Å². The third-order valence-electron chi connectivity index (χ3n) is 4.60. The Hall–Kier alpha value is -0.630. The fraction of sp³-hybridized carbons (Fsp3) is 0.933. The molecule has 1 N–H and O–H groups in total. The lowest BCUT2D eigenvalue weighted by Crippen LogP contribution is -2.57. The highest BCUT2D eigenvalue weighted by Gasteiger charge is 2.39. The Labute approximate surface area is 118 Å². The third-order valence-corrected chi connectivity index (χ3v) is 4.60. The summed E-state index contributed by atoms with van der Waals surface area (Å²) in [6, 6.07) is 2.40. The van der Waals surface area contributed by atoms with Gasteiger partial charge in [0.25, 0.3) is 0 Å². The maximum atomic E-state index is 9.27. The summed E-state index contributed by atoms with van der Waals surface area (Å²) >= 11 is 0. The Kier molecular flexibility index (Phi) is 5.79.